The maximum absolute atomic E-state index is 10.7. The molecule has 1 unspecified atom stereocenters. The van der Waals surface area contributed by atoms with E-state index in [9.17, 15) is 10.1 Å². The van der Waals surface area contributed by atoms with Gasteiger partial charge in [-0.05, 0) is 49.4 Å². The van der Waals surface area contributed by atoms with E-state index in [4.69, 9.17) is 0 Å². The summed E-state index contributed by atoms with van der Waals surface area (Å²) in [5, 5.41) is 10.7. The lowest BCUT2D eigenvalue weighted by molar-refractivity contribution is -0.384. The fraction of sp³-hybridized carbons (Fsp3) is 0.294. The fourth-order valence-corrected chi connectivity index (χ4v) is 3.84. The lowest BCUT2D eigenvalue weighted by atomic mass is 9.94. The highest BCUT2D eigenvalue weighted by Gasteiger charge is 2.15. The largest absolute Gasteiger partial charge is 0.269 e. The van der Waals surface area contributed by atoms with Crippen LogP contribution in [0.15, 0.2) is 36.4 Å². The minimum Gasteiger partial charge on any atom is -0.258 e. The van der Waals surface area contributed by atoms with Gasteiger partial charge in [0, 0.05) is 17.0 Å². The molecule has 0 aliphatic carbocycles. The minimum absolute atomic E-state index is 0.132. The predicted octanol–water partition coefficient (Wildman–Crippen LogP) is 5.20. The average molecular weight is 348 g/mol. The van der Waals surface area contributed by atoms with Crippen molar-refractivity contribution in [3.8, 4) is 0 Å². The maximum atomic E-state index is 10.7. The third-order valence-corrected chi connectivity index (χ3v) is 4.39. The highest BCUT2D eigenvalue weighted by Crippen LogP contribution is 2.33. The Labute approximate surface area is 133 Å². The van der Waals surface area contributed by atoms with Crippen molar-refractivity contribution in [1.29, 1.82) is 0 Å². The Bertz CT molecular complexity index is 642. The van der Waals surface area contributed by atoms with Gasteiger partial charge in [0.05, 0.1) is 4.92 Å². The van der Waals surface area contributed by atoms with Crippen LogP contribution in [0, 0.1) is 30.9 Å². The molecular formula is C17H18BrNO2. The summed E-state index contributed by atoms with van der Waals surface area (Å²) in [4.78, 5) is 10.5. The number of rotatable bonds is 4. The van der Waals surface area contributed by atoms with E-state index in [2.05, 4.69) is 48.8 Å². The molecule has 0 bridgehead atoms. The van der Waals surface area contributed by atoms with Crippen LogP contribution >= 0.6 is 15.9 Å². The normalized spacial score (nSPS) is 12.2. The molecule has 2 aromatic rings. The van der Waals surface area contributed by atoms with Gasteiger partial charge in [-0.25, -0.2) is 0 Å². The third-order valence-electron chi connectivity index (χ3n) is 3.61. The highest BCUT2D eigenvalue weighted by atomic mass is 79.9. The molecule has 0 aliphatic heterocycles. The summed E-state index contributed by atoms with van der Waals surface area (Å²) in [5.41, 5.74) is 6.34. The SMILES string of the molecule is Cc1cc(C)c(C(Br)Cc2ccc([N+](=O)[O-])cc2)c(C)c1. The first-order valence-corrected chi connectivity index (χ1v) is 7.75. The van der Waals surface area contributed by atoms with Crippen LogP contribution in [0.1, 0.15) is 32.6 Å². The van der Waals surface area contributed by atoms with Gasteiger partial charge in [0.25, 0.3) is 5.69 Å². The Morgan fingerprint density at radius 3 is 2.10 bits per heavy atom. The van der Waals surface area contributed by atoms with Gasteiger partial charge in [-0.3, -0.25) is 10.1 Å². The number of nitro benzene ring substituents is 1. The van der Waals surface area contributed by atoms with Crippen LogP contribution in [0.3, 0.4) is 0 Å². The zero-order valence-corrected chi connectivity index (χ0v) is 14.0. The first-order valence-electron chi connectivity index (χ1n) is 6.83. The van der Waals surface area contributed by atoms with Gasteiger partial charge >= 0.3 is 0 Å². The minimum atomic E-state index is -0.371. The summed E-state index contributed by atoms with van der Waals surface area (Å²) in [5.74, 6) is 0. The number of halogens is 1. The molecule has 0 aromatic heterocycles. The van der Waals surface area contributed by atoms with Crippen LogP contribution in [-0.4, -0.2) is 4.92 Å². The van der Waals surface area contributed by atoms with E-state index >= 15 is 0 Å². The standard InChI is InChI=1S/C17H18BrNO2/c1-11-8-12(2)17(13(3)9-11)16(18)10-14-4-6-15(7-5-14)19(20)21/h4-9,16H,10H2,1-3H3. The molecule has 0 amide bonds. The molecule has 110 valence electrons. The van der Waals surface area contributed by atoms with E-state index in [-0.39, 0.29) is 15.4 Å². The summed E-state index contributed by atoms with van der Waals surface area (Å²) in [6.45, 7) is 6.35. The van der Waals surface area contributed by atoms with E-state index in [0.717, 1.165) is 12.0 Å². The number of nitro groups is 1. The van der Waals surface area contributed by atoms with Crippen LogP contribution in [0.4, 0.5) is 5.69 Å². The van der Waals surface area contributed by atoms with Crippen LogP contribution in [0.2, 0.25) is 0 Å². The van der Waals surface area contributed by atoms with E-state index in [1.54, 1.807) is 12.1 Å². The molecule has 0 fully saturated rings. The summed E-state index contributed by atoms with van der Waals surface area (Å²) in [6, 6.07) is 11.1. The number of hydrogen-bond acceptors (Lipinski definition) is 2. The van der Waals surface area contributed by atoms with Crippen molar-refractivity contribution >= 4 is 21.6 Å². The summed E-state index contributed by atoms with van der Waals surface area (Å²) in [6.07, 6.45) is 0.808. The molecule has 0 heterocycles. The van der Waals surface area contributed by atoms with E-state index in [0.29, 0.717) is 0 Å². The van der Waals surface area contributed by atoms with Crippen molar-refractivity contribution in [2.24, 2.45) is 0 Å². The average Bonchev–Trinajstić information content (AvgIpc) is 2.37. The Balaban J connectivity index is 2.22. The molecule has 0 aliphatic rings. The molecule has 2 rings (SSSR count). The van der Waals surface area contributed by atoms with Gasteiger partial charge in [0.2, 0.25) is 0 Å². The van der Waals surface area contributed by atoms with Gasteiger partial charge in [0.1, 0.15) is 0 Å². The molecular weight excluding hydrogens is 330 g/mol. The second kappa shape index (κ2) is 6.39. The second-order valence-electron chi connectivity index (χ2n) is 5.41. The number of hydrogen-bond donors (Lipinski definition) is 0. The maximum Gasteiger partial charge on any atom is 0.269 e. The van der Waals surface area contributed by atoms with Crippen LogP contribution < -0.4 is 0 Å². The molecule has 2 aromatic carbocycles. The molecule has 0 N–H and O–H groups in total. The molecule has 4 heteroatoms. The Morgan fingerprint density at radius 2 is 1.62 bits per heavy atom. The van der Waals surface area contributed by atoms with Crippen LogP contribution in [0.5, 0.6) is 0 Å². The Kier molecular flexibility index (Phi) is 4.78. The first-order chi connectivity index (χ1) is 9.88. The van der Waals surface area contributed by atoms with Gasteiger partial charge in [-0.2, -0.15) is 0 Å². The van der Waals surface area contributed by atoms with Crippen LogP contribution in [0.25, 0.3) is 0 Å². The summed E-state index contributed by atoms with van der Waals surface area (Å²) >= 11 is 3.76. The molecule has 0 radical (unpaired) electrons. The van der Waals surface area contributed by atoms with Gasteiger partial charge in [-0.15, -0.1) is 0 Å². The number of benzene rings is 2. The number of alkyl halides is 1. The fourth-order valence-electron chi connectivity index (χ4n) is 2.75. The van der Waals surface area contributed by atoms with Gasteiger partial charge in [0.15, 0.2) is 0 Å². The van der Waals surface area contributed by atoms with E-state index in [1.165, 1.54) is 22.3 Å². The van der Waals surface area contributed by atoms with Crippen molar-refractivity contribution in [3.05, 3.63) is 74.3 Å². The van der Waals surface area contributed by atoms with Crippen molar-refractivity contribution in [2.45, 2.75) is 32.0 Å². The quantitative estimate of drug-likeness (QED) is 0.433. The van der Waals surface area contributed by atoms with E-state index in [1.807, 2.05) is 12.1 Å². The van der Waals surface area contributed by atoms with Crippen molar-refractivity contribution in [1.82, 2.24) is 0 Å². The Morgan fingerprint density at radius 1 is 1.10 bits per heavy atom. The van der Waals surface area contributed by atoms with Crippen LogP contribution in [-0.2, 0) is 6.42 Å². The van der Waals surface area contributed by atoms with Gasteiger partial charge < -0.3 is 0 Å². The second-order valence-corrected chi connectivity index (χ2v) is 6.51. The number of aryl methyl sites for hydroxylation is 3. The molecule has 3 nitrogen and oxygen atoms in total. The highest BCUT2D eigenvalue weighted by molar-refractivity contribution is 9.09. The van der Waals surface area contributed by atoms with Gasteiger partial charge in [-0.1, -0.05) is 45.8 Å². The topological polar surface area (TPSA) is 43.1 Å². The predicted molar refractivity (Wildman–Crippen MR) is 89.1 cm³/mol. The first kappa shape index (κ1) is 15.7. The van der Waals surface area contributed by atoms with E-state index < -0.39 is 0 Å². The molecule has 0 saturated heterocycles. The van der Waals surface area contributed by atoms with Crippen molar-refractivity contribution in [3.63, 3.8) is 0 Å². The lowest BCUT2D eigenvalue weighted by Gasteiger charge is -2.17. The smallest absolute Gasteiger partial charge is 0.258 e. The zero-order chi connectivity index (χ0) is 15.6. The molecule has 0 spiro atoms. The summed E-state index contributed by atoms with van der Waals surface area (Å²) < 4.78 is 0. The Hall–Kier alpha value is -1.68. The molecule has 1 atom stereocenters. The molecule has 21 heavy (non-hydrogen) atoms. The zero-order valence-electron chi connectivity index (χ0n) is 12.4. The summed E-state index contributed by atoms with van der Waals surface area (Å²) in [7, 11) is 0. The molecule has 0 saturated carbocycles. The third kappa shape index (κ3) is 3.70. The number of non-ortho nitro benzene ring substituents is 1. The lowest BCUT2D eigenvalue weighted by Crippen LogP contribution is -2.02. The van der Waals surface area contributed by atoms with Crippen molar-refractivity contribution in [2.75, 3.05) is 0 Å². The monoisotopic (exact) mass is 347 g/mol. The van der Waals surface area contributed by atoms with Crippen molar-refractivity contribution < 1.29 is 4.92 Å². The number of nitrogens with zero attached hydrogens (tertiary/aromatic N) is 1.